The van der Waals surface area contributed by atoms with Crippen molar-refractivity contribution in [1.82, 2.24) is 15.2 Å². The Hall–Kier alpha value is -4.52. The number of amides is 3. The Morgan fingerprint density at radius 3 is 2.76 bits per heavy atom. The van der Waals surface area contributed by atoms with Gasteiger partial charge in [0, 0.05) is 61.3 Å². The minimum Gasteiger partial charge on any atom is -0.489 e. The number of rotatable bonds is 8. The molecule has 1 saturated carbocycles. The first-order valence-electron chi connectivity index (χ1n) is 15.0. The van der Waals surface area contributed by atoms with Crippen LogP contribution in [-0.4, -0.2) is 73.3 Å². The zero-order valence-corrected chi connectivity index (χ0v) is 24.8. The first-order chi connectivity index (χ1) is 21.7. The smallest absolute Gasteiger partial charge is 0.418 e. The number of aromatic nitrogens is 1. The van der Waals surface area contributed by atoms with Crippen molar-refractivity contribution in [2.45, 2.75) is 38.1 Å². The first kappa shape index (κ1) is 30.5. The van der Waals surface area contributed by atoms with Crippen LogP contribution in [0.4, 0.5) is 35.2 Å². The molecule has 1 aromatic carbocycles. The Labute approximate surface area is 258 Å². The monoisotopic (exact) mass is 624 g/mol. The number of pyridine rings is 1. The molecule has 3 N–H and O–H groups in total. The molecule has 2 saturated heterocycles. The molecule has 1 aromatic heterocycles. The highest BCUT2D eigenvalue weighted by atomic mass is 19.4. The number of hydrogen-bond acceptors (Lipinski definition) is 7. The summed E-state index contributed by atoms with van der Waals surface area (Å²) >= 11 is 0. The Kier molecular flexibility index (Phi) is 8.45. The zero-order chi connectivity index (χ0) is 31.7. The van der Waals surface area contributed by atoms with Crippen LogP contribution < -0.4 is 25.6 Å². The number of hydrogen-bond donors (Lipinski definition) is 3. The molecule has 2 aromatic rings. The average Bonchev–Trinajstić information content (AvgIpc) is 3.54. The summed E-state index contributed by atoms with van der Waals surface area (Å²) in [5, 5.41) is 8.16. The van der Waals surface area contributed by atoms with Crippen molar-refractivity contribution >= 4 is 29.1 Å². The maximum Gasteiger partial charge on any atom is 0.418 e. The molecule has 10 nitrogen and oxygen atoms in total. The van der Waals surface area contributed by atoms with Crippen LogP contribution in [0.25, 0.3) is 0 Å². The number of likely N-dealkylation sites (N-methyl/N-ethyl adjacent to an activating group) is 1. The molecule has 0 radical (unpaired) electrons. The normalized spacial score (nSPS) is 24.4. The van der Waals surface area contributed by atoms with Crippen molar-refractivity contribution < 1.29 is 32.2 Å². The average molecular weight is 625 g/mol. The summed E-state index contributed by atoms with van der Waals surface area (Å²) in [5.74, 6) is 1.51. The van der Waals surface area contributed by atoms with Gasteiger partial charge in [0.1, 0.15) is 30.0 Å². The van der Waals surface area contributed by atoms with E-state index in [2.05, 4.69) is 32.4 Å². The van der Waals surface area contributed by atoms with Crippen LogP contribution in [0.5, 0.6) is 5.75 Å². The Balaban J connectivity index is 1.10. The predicted octanol–water partition coefficient (Wildman–Crippen LogP) is 4.72. The Morgan fingerprint density at radius 2 is 2.02 bits per heavy atom. The minimum absolute atomic E-state index is 0.0516. The third kappa shape index (κ3) is 6.48. The van der Waals surface area contributed by atoms with Gasteiger partial charge in [-0.2, -0.15) is 13.2 Å². The molecule has 4 heterocycles. The van der Waals surface area contributed by atoms with E-state index in [1.54, 1.807) is 29.3 Å². The van der Waals surface area contributed by atoms with Crippen molar-refractivity contribution in [3.8, 4) is 5.75 Å². The second-order valence-corrected chi connectivity index (χ2v) is 11.3. The molecule has 13 heteroatoms. The van der Waals surface area contributed by atoms with E-state index >= 15 is 0 Å². The van der Waals surface area contributed by atoms with Crippen molar-refractivity contribution in [3.05, 3.63) is 77.7 Å². The molecule has 3 fully saturated rings. The Morgan fingerprint density at radius 1 is 1.22 bits per heavy atom. The number of allylic oxidation sites excluding steroid dienone is 3. The number of nitrogens with one attached hydrogen (secondary N) is 3. The number of fused-ring (bicyclic) bond motifs is 2. The fourth-order valence-electron chi connectivity index (χ4n) is 6.18. The second kappa shape index (κ2) is 12.5. The number of carbonyl (C=O) groups excluding carboxylic acids is 2. The molecule has 45 heavy (non-hydrogen) atoms. The van der Waals surface area contributed by atoms with Gasteiger partial charge >= 0.3 is 12.2 Å². The molecular weight excluding hydrogens is 589 g/mol. The van der Waals surface area contributed by atoms with Gasteiger partial charge in [0.25, 0.3) is 0 Å². The SMILES string of the molecule is C=C/C=C1/O[C@@H]2[C@H](NC(=O)Nc3ccc(N4CCN(CC)CC4)c(C(F)(F)F)c3)[C@@H]2/C1=C/COc1ccnc2c1CCC(=O)N2. The van der Waals surface area contributed by atoms with Gasteiger partial charge in [0.15, 0.2) is 0 Å². The van der Waals surface area contributed by atoms with Crippen LogP contribution in [0.2, 0.25) is 0 Å². The standard InChI is InChI=1S/C32H35F3N6O4/c1-3-5-25-20(11-17-44-24-10-12-36-30-21(24)7-9-26(42)38-30)27-28(29(27)45-25)39-31(43)37-19-6-8-23(22(18-19)32(33,34)35)41-15-13-40(4-2)14-16-41/h3,5-6,8,10-12,18,27-29H,1,4,7,9,13-17H2,2H3,(H,36,38,42)(H2,37,39,43)/b20-11+,25-5+/t27-,28+,29-/m0/s1. The van der Waals surface area contributed by atoms with E-state index in [-0.39, 0.29) is 42.0 Å². The van der Waals surface area contributed by atoms with Crippen LogP contribution in [0.1, 0.15) is 24.5 Å². The minimum atomic E-state index is -4.58. The number of piperazine rings is 1. The highest BCUT2D eigenvalue weighted by Gasteiger charge is 2.61. The highest BCUT2D eigenvalue weighted by Crippen LogP contribution is 2.51. The summed E-state index contributed by atoms with van der Waals surface area (Å²) in [6.45, 7) is 9.23. The summed E-state index contributed by atoms with van der Waals surface area (Å²) in [7, 11) is 0. The van der Waals surface area contributed by atoms with Gasteiger partial charge in [0.2, 0.25) is 5.91 Å². The molecule has 3 aliphatic heterocycles. The quantitative estimate of drug-likeness (QED) is 0.390. The summed E-state index contributed by atoms with van der Waals surface area (Å²) in [6.07, 6.45) is 2.79. The third-order valence-electron chi connectivity index (χ3n) is 8.56. The lowest BCUT2D eigenvalue weighted by Gasteiger charge is -2.36. The van der Waals surface area contributed by atoms with E-state index in [1.807, 2.05) is 13.0 Å². The number of alkyl halides is 3. The second-order valence-electron chi connectivity index (χ2n) is 11.3. The summed E-state index contributed by atoms with van der Waals surface area (Å²) < 4.78 is 54.2. The summed E-state index contributed by atoms with van der Waals surface area (Å²) in [6, 6.07) is 4.68. The number of benzene rings is 1. The van der Waals surface area contributed by atoms with Gasteiger partial charge in [-0.25, -0.2) is 9.78 Å². The van der Waals surface area contributed by atoms with E-state index < -0.39 is 17.8 Å². The van der Waals surface area contributed by atoms with Gasteiger partial charge in [0.05, 0.1) is 17.5 Å². The fraction of sp³-hybridized carbons (Fsp3) is 0.406. The summed E-state index contributed by atoms with van der Waals surface area (Å²) in [4.78, 5) is 32.8. The topological polar surface area (TPSA) is 108 Å². The lowest BCUT2D eigenvalue weighted by atomic mass is 10.1. The molecule has 4 aliphatic rings. The molecule has 0 bridgehead atoms. The number of anilines is 3. The molecule has 0 unspecified atom stereocenters. The molecule has 238 valence electrons. The lowest BCUT2D eigenvalue weighted by Crippen LogP contribution is -2.46. The van der Waals surface area contributed by atoms with Crippen LogP contribution in [0.15, 0.2) is 66.6 Å². The lowest BCUT2D eigenvalue weighted by molar-refractivity contribution is -0.137. The summed E-state index contributed by atoms with van der Waals surface area (Å²) in [5.41, 5.74) is 1.06. The highest BCUT2D eigenvalue weighted by molar-refractivity contribution is 5.93. The van der Waals surface area contributed by atoms with Crippen LogP contribution in [0.3, 0.4) is 0 Å². The Bertz CT molecular complexity index is 1550. The van der Waals surface area contributed by atoms with Crippen molar-refractivity contribution in [1.29, 1.82) is 0 Å². The van der Waals surface area contributed by atoms with E-state index in [9.17, 15) is 22.8 Å². The van der Waals surface area contributed by atoms with Crippen LogP contribution in [-0.2, 0) is 22.1 Å². The molecule has 3 atom stereocenters. The molecular formula is C32H35F3N6O4. The van der Waals surface area contributed by atoms with Crippen LogP contribution >= 0.6 is 0 Å². The maximum atomic E-state index is 14.1. The van der Waals surface area contributed by atoms with Gasteiger partial charge in [-0.3, -0.25) is 4.79 Å². The number of ether oxygens (including phenoxy) is 2. The van der Waals surface area contributed by atoms with E-state index in [4.69, 9.17) is 9.47 Å². The zero-order valence-electron chi connectivity index (χ0n) is 24.8. The van der Waals surface area contributed by atoms with Gasteiger partial charge in [-0.15, -0.1) is 0 Å². The predicted molar refractivity (Wildman–Crippen MR) is 163 cm³/mol. The van der Waals surface area contributed by atoms with Gasteiger partial charge < -0.3 is 35.2 Å². The van der Waals surface area contributed by atoms with E-state index in [0.717, 1.165) is 23.7 Å². The van der Waals surface area contributed by atoms with Gasteiger partial charge in [-0.1, -0.05) is 19.6 Å². The molecule has 6 rings (SSSR count). The fourth-order valence-corrected chi connectivity index (χ4v) is 6.18. The van der Waals surface area contributed by atoms with E-state index in [1.165, 1.54) is 12.1 Å². The third-order valence-corrected chi connectivity index (χ3v) is 8.56. The molecule has 1 aliphatic carbocycles. The van der Waals surface area contributed by atoms with Crippen molar-refractivity contribution in [2.75, 3.05) is 54.9 Å². The van der Waals surface area contributed by atoms with Crippen LogP contribution in [0, 0.1) is 5.92 Å². The van der Waals surface area contributed by atoms with Crippen molar-refractivity contribution in [3.63, 3.8) is 0 Å². The number of halogens is 3. The maximum absolute atomic E-state index is 14.1. The van der Waals surface area contributed by atoms with E-state index in [0.29, 0.717) is 56.3 Å². The van der Waals surface area contributed by atoms with Gasteiger partial charge in [-0.05, 0) is 49.4 Å². The number of nitrogens with zero attached hydrogens (tertiary/aromatic N) is 3. The molecule has 0 spiro atoms. The molecule has 3 amide bonds. The first-order valence-corrected chi connectivity index (χ1v) is 15.0. The number of urea groups is 1. The largest absolute Gasteiger partial charge is 0.489 e. The number of carbonyl (C=O) groups is 2. The van der Waals surface area contributed by atoms with Crippen molar-refractivity contribution in [2.24, 2.45) is 5.92 Å².